The number of ether oxygens (including phenoxy) is 1. The minimum Gasteiger partial charge on any atom is -0.496 e. The monoisotopic (exact) mass is 429 g/mol. The number of aromatic nitrogens is 1. The predicted octanol–water partition coefficient (Wildman–Crippen LogP) is 5.29. The standard InChI is InChI=1S/C27H31N3O2/c1-17-20(10-8-14-30(3)4)18(2)28-24(17)16-23-22-13-12-19(15-25(22)29-27(23)31)21-9-6-7-11-26(21)32-5/h6-7,9,11-13,15-16,28H,8,10,14H2,1-5H3,(H,29,31)/b23-16-. The molecule has 32 heavy (non-hydrogen) atoms. The Labute approximate surface area is 190 Å². The minimum absolute atomic E-state index is 0.0713. The van der Waals surface area contributed by atoms with Gasteiger partial charge in [0.25, 0.3) is 5.91 Å². The maximum Gasteiger partial charge on any atom is 0.256 e. The van der Waals surface area contributed by atoms with Gasteiger partial charge in [-0.05, 0) is 82.2 Å². The number of hydrogen-bond donors (Lipinski definition) is 2. The Balaban J connectivity index is 1.65. The average Bonchev–Trinajstić information content (AvgIpc) is 3.23. The van der Waals surface area contributed by atoms with Crippen LogP contribution in [0.25, 0.3) is 22.8 Å². The molecule has 0 fully saturated rings. The second-order valence-corrected chi connectivity index (χ2v) is 8.65. The van der Waals surface area contributed by atoms with Gasteiger partial charge in [0.15, 0.2) is 0 Å². The number of H-pyrrole nitrogens is 1. The van der Waals surface area contributed by atoms with Crippen molar-refractivity contribution < 1.29 is 9.53 Å². The Kier molecular flexibility index (Phi) is 6.19. The number of hydrogen-bond acceptors (Lipinski definition) is 3. The summed E-state index contributed by atoms with van der Waals surface area (Å²) in [5, 5.41) is 3.04. The topological polar surface area (TPSA) is 57.4 Å². The number of aryl methyl sites for hydroxylation is 1. The molecule has 2 aromatic carbocycles. The number of fused-ring (bicyclic) bond motifs is 1. The summed E-state index contributed by atoms with van der Waals surface area (Å²) in [5.74, 6) is 0.741. The molecular formula is C27H31N3O2. The van der Waals surface area contributed by atoms with E-state index in [1.165, 1.54) is 16.8 Å². The highest BCUT2D eigenvalue weighted by molar-refractivity contribution is 6.35. The number of amides is 1. The van der Waals surface area contributed by atoms with Gasteiger partial charge in [-0.15, -0.1) is 0 Å². The summed E-state index contributed by atoms with van der Waals surface area (Å²) in [6.07, 6.45) is 4.12. The normalized spacial score (nSPS) is 14.2. The summed E-state index contributed by atoms with van der Waals surface area (Å²) >= 11 is 0. The lowest BCUT2D eigenvalue weighted by molar-refractivity contribution is -0.110. The van der Waals surface area contributed by atoms with E-state index in [2.05, 4.69) is 43.1 Å². The number of para-hydroxylation sites is 1. The maximum absolute atomic E-state index is 12.8. The molecule has 4 rings (SSSR count). The molecule has 166 valence electrons. The highest BCUT2D eigenvalue weighted by Crippen LogP contribution is 2.38. The summed E-state index contributed by atoms with van der Waals surface area (Å²) in [6, 6.07) is 14.0. The molecule has 0 spiro atoms. The third-order valence-electron chi connectivity index (χ3n) is 6.17. The molecule has 3 aromatic rings. The van der Waals surface area contributed by atoms with Crippen LogP contribution in [0.4, 0.5) is 5.69 Å². The number of nitrogens with zero attached hydrogens (tertiary/aromatic N) is 1. The average molecular weight is 430 g/mol. The van der Waals surface area contributed by atoms with E-state index in [0.29, 0.717) is 5.57 Å². The third kappa shape index (κ3) is 4.21. The number of methoxy groups -OCH3 is 1. The molecule has 5 heteroatoms. The second kappa shape index (κ2) is 9.05. The van der Waals surface area contributed by atoms with E-state index in [-0.39, 0.29) is 5.91 Å². The molecule has 0 radical (unpaired) electrons. The van der Waals surface area contributed by atoms with Crippen LogP contribution in [0.15, 0.2) is 42.5 Å². The van der Waals surface area contributed by atoms with E-state index >= 15 is 0 Å². The zero-order valence-corrected chi connectivity index (χ0v) is 19.5. The van der Waals surface area contributed by atoms with Crippen LogP contribution in [0.3, 0.4) is 0 Å². The van der Waals surface area contributed by atoms with Gasteiger partial charge in [-0.25, -0.2) is 0 Å². The summed E-state index contributed by atoms with van der Waals surface area (Å²) in [7, 11) is 5.87. The van der Waals surface area contributed by atoms with Gasteiger partial charge in [-0.3, -0.25) is 4.79 Å². The first kappa shape index (κ1) is 21.9. The van der Waals surface area contributed by atoms with E-state index in [9.17, 15) is 4.79 Å². The summed E-state index contributed by atoms with van der Waals surface area (Å²) in [4.78, 5) is 18.5. The fourth-order valence-electron chi connectivity index (χ4n) is 4.44. The molecule has 0 aliphatic carbocycles. The van der Waals surface area contributed by atoms with Crippen LogP contribution in [0.2, 0.25) is 0 Å². The quantitative estimate of drug-likeness (QED) is 0.502. The summed E-state index contributed by atoms with van der Waals surface area (Å²) < 4.78 is 5.50. The Morgan fingerprint density at radius 2 is 1.84 bits per heavy atom. The van der Waals surface area contributed by atoms with Gasteiger partial charge in [0.1, 0.15) is 5.75 Å². The Hall–Kier alpha value is -3.31. The van der Waals surface area contributed by atoms with Crippen LogP contribution in [-0.2, 0) is 11.2 Å². The zero-order chi connectivity index (χ0) is 22.8. The molecule has 0 saturated carbocycles. The van der Waals surface area contributed by atoms with Crippen molar-refractivity contribution in [2.24, 2.45) is 0 Å². The van der Waals surface area contributed by atoms with Crippen molar-refractivity contribution in [1.29, 1.82) is 0 Å². The van der Waals surface area contributed by atoms with Gasteiger partial charge >= 0.3 is 0 Å². The smallest absolute Gasteiger partial charge is 0.256 e. The predicted molar refractivity (Wildman–Crippen MR) is 132 cm³/mol. The molecule has 1 aliphatic heterocycles. The van der Waals surface area contributed by atoms with E-state index in [1.807, 2.05) is 48.5 Å². The highest BCUT2D eigenvalue weighted by atomic mass is 16.5. The molecule has 1 aliphatic rings. The van der Waals surface area contributed by atoms with Crippen LogP contribution in [-0.4, -0.2) is 43.5 Å². The lowest BCUT2D eigenvalue weighted by Crippen LogP contribution is -2.13. The number of benzene rings is 2. The van der Waals surface area contributed by atoms with Crippen molar-refractivity contribution in [3.05, 3.63) is 70.5 Å². The van der Waals surface area contributed by atoms with Gasteiger partial charge in [-0.2, -0.15) is 0 Å². The summed E-state index contributed by atoms with van der Waals surface area (Å²) in [5.41, 5.74) is 9.22. The Morgan fingerprint density at radius 3 is 2.59 bits per heavy atom. The molecular weight excluding hydrogens is 398 g/mol. The SMILES string of the molecule is COc1ccccc1-c1ccc2c(c1)NC(=O)/C2=C\c1[nH]c(C)c(CCCN(C)C)c1C. The molecule has 1 amide bonds. The lowest BCUT2D eigenvalue weighted by atomic mass is 9.98. The number of carbonyl (C=O) groups excluding carboxylic acids is 1. The van der Waals surface area contributed by atoms with Crippen LogP contribution < -0.4 is 10.1 Å². The number of nitrogens with one attached hydrogen (secondary N) is 2. The minimum atomic E-state index is -0.0713. The maximum atomic E-state index is 12.8. The number of rotatable bonds is 7. The number of anilines is 1. The largest absolute Gasteiger partial charge is 0.496 e. The highest BCUT2D eigenvalue weighted by Gasteiger charge is 2.25. The fourth-order valence-corrected chi connectivity index (χ4v) is 4.44. The van der Waals surface area contributed by atoms with Crippen molar-refractivity contribution >= 4 is 23.2 Å². The number of aromatic amines is 1. The molecule has 2 N–H and O–H groups in total. The molecule has 5 nitrogen and oxygen atoms in total. The fraction of sp³-hybridized carbons (Fsp3) is 0.296. The first-order chi connectivity index (χ1) is 15.4. The van der Waals surface area contributed by atoms with Crippen molar-refractivity contribution in [3.63, 3.8) is 0 Å². The van der Waals surface area contributed by atoms with Crippen LogP contribution in [0.5, 0.6) is 5.75 Å². The molecule has 1 aromatic heterocycles. The van der Waals surface area contributed by atoms with Gasteiger partial charge < -0.3 is 19.9 Å². The lowest BCUT2D eigenvalue weighted by Gasteiger charge is -2.09. The van der Waals surface area contributed by atoms with Gasteiger partial charge in [0.05, 0.1) is 12.7 Å². The third-order valence-corrected chi connectivity index (χ3v) is 6.17. The summed E-state index contributed by atoms with van der Waals surface area (Å²) in [6.45, 7) is 5.31. The van der Waals surface area contributed by atoms with E-state index < -0.39 is 0 Å². The molecule has 0 atom stereocenters. The second-order valence-electron chi connectivity index (χ2n) is 8.65. The van der Waals surface area contributed by atoms with Gasteiger partial charge in [0.2, 0.25) is 0 Å². The van der Waals surface area contributed by atoms with Crippen LogP contribution >= 0.6 is 0 Å². The van der Waals surface area contributed by atoms with Crippen molar-refractivity contribution in [2.75, 3.05) is 33.1 Å². The van der Waals surface area contributed by atoms with Crippen molar-refractivity contribution in [1.82, 2.24) is 9.88 Å². The molecule has 2 heterocycles. The van der Waals surface area contributed by atoms with Crippen LogP contribution in [0, 0.1) is 13.8 Å². The Morgan fingerprint density at radius 1 is 1.06 bits per heavy atom. The first-order valence-electron chi connectivity index (χ1n) is 11.0. The van der Waals surface area contributed by atoms with Crippen molar-refractivity contribution in [3.8, 4) is 16.9 Å². The van der Waals surface area contributed by atoms with Crippen molar-refractivity contribution in [2.45, 2.75) is 26.7 Å². The van der Waals surface area contributed by atoms with Gasteiger partial charge in [0, 0.05) is 28.2 Å². The van der Waals surface area contributed by atoms with Crippen LogP contribution in [0.1, 0.15) is 34.5 Å². The van der Waals surface area contributed by atoms with Gasteiger partial charge in [-0.1, -0.05) is 30.3 Å². The van der Waals surface area contributed by atoms with E-state index in [1.54, 1.807) is 7.11 Å². The zero-order valence-electron chi connectivity index (χ0n) is 19.5. The first-order valence-corrected chi connectivity index (χ1v) is 11.0. The van der Waals surface area contributed by atoms with E-state index in [4.69, 9.17) is 4.74 Å². The van der Waals surface area contributed by atoms with E-state index in [0.717, 1.165) is 53.2 Å². The molecule has 0 bridgehead atoms. The molecule has 0 unspecified atom stereocenters. The Bertz CT molecular complexity index is 1190. The molecule has 0 saturated heterocycles. The number of carbonyl (C=O) groups is 1.